The first kappa shape index (κ1) is 9.09. The lowest BCUT2D eigenvalue weighted by Crippen LogP contribution is -1.95. The van der Waals surface area contributed by atoms with Crippen LogP contribution in [-0.2, 0) is 4.79 Å². The Balaban J connectivity index is 2.57. The second kappa shape index (κ2) is 3.35. The molecule has 0 unspecified atom stereocenters. The van der Waals surface area contributed by atoms with Gasteiger partial charge >= 0.3 is 0 Å². The molecule has 0 aliphatic carbocycles. The van der Waals surface area contributed by atoms with Crippen molar-refractivity contribution in [2.75, 3.05) is 0 Å². The van der Waals surface area contributed by atoms with E-state index in [4.69, 9.17) is 11.6 Å². The van der Waals surface area contributed by atoms with Gasteiger partial charge < -0.3 is 0 Å². The number of hydrogen-bond acceptors (Lipinski definition) is 2. The summed E-state index contributed by atoms with van der Waals surface area (Å²) in [7, 11) is 0. The van der Waals surface area contributed by atoms with E-state index in [1.807, 2.05) is 12.1 Å². The molecule has 3 nitrogen and oxygen atoms in total. The Labute approximate surface area is 86.1 Å². The second-order valence-electron chi connectivity index (χ2n) is 2.95. The highest BCUT2D eigenvalue weighted by atomic mass is 35.5. The van der Waals surface area contributed by atoms with Crippen molar-refractivity contribution in [1.29, 1.82) is 0 Å². The fourth-order valence-electron chi connectivity index (χ4n) is 1.35. The molecule has 2 rings (SSSR count). The number of rotatable bonds is 1. The molecule has 1 amide bonds. The summed E-state index contributed by atoms with van der Waals surface area (Å²) < 4.78 is 0. The highest BCUT2D eigenvalue weighted by Gasteiger charge is 2.21. The van der Waals surface area contributed by atoms with Crippen LogP contribution in [0.3, 0.4) is 0 Å². The molecular weight excluding hydrogens is 200 g/mol. The summed E-state index contributed by atoms with van der Waals surface area (Å²) in [5.41, 5.74) is 1.81. The van der Waals surface area contributed by atoms with Crippen LogP contribution >= 0.6 is 11.6 Å². The highest BCUT2D eigenvalue weighted by Crippen LogP contribution is 2.30. The van der Waals surface area contributed by atoms with Gasteiger partial charge in [-0.05, 0) is 13.0 Å². The number of azo groups is 1. The van der Waals surface area contributed by atoms with Crippen LogP contribution < -0.4 is 0 Å². The van der Waals surface area contributed by atoms with Crippen molar-refractivity contribution < 1.29 is 4.79 Å². The van der Waals surface area contributed by atoms with Gasteiger partial charge in [-0.15, -0.1) is 5.11 Å². The minimum Gasteiger partial charge on any atom is -0.265 e. The summed E-state index contributed by atoms with van der Waals surface area (Å²) in [6.45, 7) is 1.74. The van der Waals surface area contributed by atoms with E-state index in [9.17, 15) is 4.79 Å². The molecule has 14 heavy (non-hydrogen) atoms. The van der Waals surface area contributed by atoms with E-state index < -0.39 is 0 Å². The molecule has 1 aromatic carbocycles. The molecule has 0 radical (unpaired) electrons. The van der Waals surface area contributed by atoms with Gasteiger partial charge in [-0.2, -0.15) is 5.11 Å². The van der Waals surface area contributed by atoms with E-state index in [-0.39, 0.29) is 5.91 Å². The predicted molar refractivity (Wildman–Crippen MR) is 53.9 cm³/mol. The van der Waals surface area contributed by atoms with Crippen molar-refractivity contribution in [3.8, 4) is 0 Å². The van der Waals surface area contributed by atoms with Crippen LogP contribution in [0.1, 0.15) is 12.5 Å². The molecule has 70 valence electrons. The predicted octanol–water partition coefficient (Wildman–Crippen LogP) is 3.06. The van der Waals surface area contributed by atoms with Crippen LogP contribution in [0.25, 0.3) is 5.57 Å². The normalized spacial score (nSPS) is 15.4. The van der Waals surface area contributed by atoms with E-state index in [1.165, 1.54) is 0 Å². The molecule has 0 bridgehead atoms. The molecule has 0 saturated heterocycles. The maximum Gasteiger partial charge on any atom is 0.297 e. The van der Waals surface area contributed by atoms with Crippen molar-refractivity contribution in [1.82, 2.24) is 0 Å². The number of nitrogens with zero attached hydrogens (tertiary/aromatic N) is 2. The lowest BCUT2D eigenvalue weighted by molar-refractivity contribution is -0.112. The molecule has 0 fully saturated rings. The smallest absolute Gasteiger partial charge is 0.265 e. The number of carbonyl (C=O) groups excluding carboxylic acids is 1. The summed E-state index contributed by atoms with van der Waals surface area (Å²) >= 11 is 5.97. The summed E-state index contributed by atoms with van der Waals surface area (Å²) in [4.78, 5) is 11.4. The van der Waals surface area contributed by atoms with Crippen molar-refractivity contribution in [3.63, 3.8) is 0 Å². The first-order valence-corrected chi connectivity index (χ1v) is 4.50. The van der Waals surface area contributed by atoms with Crippen molar-refractivity contribution in [2.45, 2.75) is 6.92 Å². The summed E-state index contributed by atoms with van der Waals surface area (Å²) in [6.07, 6.45) is 0. The lowest BCUT2D eigenvalue weighted by atomic mass is 10.0. The SMILES string of the molecule is CC1=C(c2ccccc2Cl)C(=O)N=N1. The largest absolute Gasteiger partial charge is 0.297 e. The topological polar surface area (TPSA) is 41.8 Å². The molecule has 0 atom stereocenters. The number of halogens is 1. The van der Waals surface area contributed by atoms with Gasteiger partial charge in [-0.1, -0.05) is 29.8 Å². The minimum atomic E-state index is -0.324. The van der Waals surface area contributed by atoms with E-state index >= 15 is 0 Å². The van der Waals surface area contributed by atoms with Crippen molar-refractivity contribution in [2.24, 2.45) is 10.2 Å². The van der Waals surface area contributed by atoms with Crippen LogP contribution in [0.2, 0.25) is 5.02 Å². The molecule has 0 spiro atoms. The Morgan fingerprint density at radius 2 is 1.93 bits per heavy atom. The molecule has 1 aromatic rings. The fourth-order valence-corrected chi connectivity index (χ4v) is 1.58. The Morgan fingerprint density at radius 1 is 1.21 bits per heavy atom. The van der Waals surface area contributed by atoms with Gasteiger partial charge in [0.25, 0.3) is 5.91 Å². The first-order valence-electron chi connectivity index (χ1n) is 4.12. The van der Waals surface area contributed by atoms with E-state index in [0.717, 1.165) is 0 Å². The molecule has 4 heteroatoms. The number of benzene rings is 1. The number of amides is 1. The lowest BCUT2D eigenvalue weighted by Gasteiger charge is -2.02. The zero-order chi connectivity index (χ0) is 10.1. The maximum absolute atomic E-state index is 11.4. The van der Waals surface area contributed by atoms with Crippen molar-refractivity contribution in [3.05, 3.63) is 40.5 Å². The molecule has 1 heterocycles. The average Bonchev–Trinajstić information content (AvgIpc) is 2.48. The van der Waals surface area contributed by atoms with Gasteiger partial charge in [0, 0.05) is 10.6 Å². The van der Waals surface area contributed by atoms with Crippen LogP contribution in [0, 0.1) is 0 Å². The van der Waals surface area contributed by atoms with E-state index in [1.54, 1.807) is 19.1 Å². The van der Waals surface area contributed by atoms with Crippen LogP contribution in [0.15, 0.2) is 40.2 Å². The maximum atomic E-state index is 11.4. The zero-order valence-electron chi connectivity index (χ0n) is 7.49. The minimum absolute atomic E-state index is 0.324. The van der Waals surface area contributed by atoms with Gasteiger partial charge in [0.15, 0.2) is 0 Å². The third-order valence-corrected chi connectivity index (χ3v) is 2.34. The quantitative estimate of drug-likeness (QED) is 0.696. The van der Waals surface area contributed by atoms with Crippen LogP contribution in [0.4, 0.5) is 0 Å². The van der Waals surface area contributed by atoms with Gasteiger partial charge in [0.05, 0.1) is 11.3 Å². The summed E-state index contributed by atoms with van der Waals surface area (Å²) in [5.74, 6) is -0.324. The Hall–Kier alpha value is -1.48. The molecule has 0 N–H and O–H groups in total. The zero-order valence-corrected chi connectivity index (χ0v) is 8.25. The average molecular weight is 207 g/mol. The third-order valence-electron chi connectivity index (χ3n) is 2.01. The van der Waals surface area contributed by atoms with Gasteiger partial charge in [-0.25, -0.2) is 0 Å². The molecule has 0 saturated carbocycles. The van der Waals surface area contributed by atoms with E-state index in [2.05, 4.69) is 10.2 Å². The molecule has 0 aromatic heterocycles. The Bertz CT molecular complexity index is 463. The monoisotopic (exact) mass is 206 g/mol. The van der Waals surface area contributed by atoms with Gasteiger partial charge in [0.2, 0.25) is 0 Å². The Kier molecular flexibility index (Phi) is 2.17. The van der Waals surface area contributed by atoms with Crippen LogP contribution in [-0.4, -0.2) is 5.91 Å². The second-order valence-corrected chi connectivity index (χ2v) is 3.35. The molecule has 1 aliphatic heterocycles. The Morgan fingerprint density at radius 3 is 2.50 bits per heavy atom. The standard InChI is InChI=1S/C10H7ClN2O/c1-6-9(10(14)13-12-6)7-4-2-3-5-8(7)11/h2-5H,1H3. The summed E-state index contributed by atoms with van der Waals surface area (Å²) in [5, 5.41) is 7.73. The number of carbonyl (C=O) groups is 1. The highest BCUT2D eigenvalue weighted by molar-refractivity contribution is 6.35. The molecular formula is C10H7ClN2O. The third kappa shape index (κ3) is 1.36. The van der Waals surface area contributed by atoms with E-state index in [0.29, 0.717) is 21.9 Å². The number of hydrogen-bond donors (Lipinski definition) is 0. The van der Waals surface area contributed by atoms with Crippen molar-refractivity contribution >= 4 is 23.1 Å². The fraction of sp³-hybridized carbons (Fsp3) is 0.100. The molecule has 1 aliphatic rings. The first-order chi connectivity index (χ1) is 6.70. The van der Waals surface area contributed by atoms with Crippen LogP contribution in [0.5, 0.6) is 0 Å². The van der Waals surface area contributed by atoms with Gasteiger partial charge in [-0.3, -0.25) is 4.79 Å². The van der Waals surface area contributed by atoms with Gasteiger partial charge in [0.1, 0.15) is 0 Å². The summed E-state index contributed by atoms with van der Waals surface area (Å²) in [6, 6.07) is 7.17. The number of allylic oxidation sites excluding steroid dienone is 1.